The van der Waals surface area contributed by atoms with E-state index in [1.54, 1.807) is 12.5 Å². The van der Waals surface area contributed by atoms with Gasteiger partial charge >= 0.3 is 0 Å². The van der Waals surface area contributed by atoms with Crippen LogP contribution in [0, 0.1) is 0 Å². The number of fused-ring (bicyclic) bond motifs is 1. The van der Waals surface area contributed by atoms with Gasteiger partial charge in [-0.1, -0.05) is 0 Å². The van der Waals surface area contributed by atoms with E-state index in [9.17, 15) is 16.8 Å². The van der Waals surface area contributed by atoms with Crippen molar-refractivity contribution in [1.82, 2.24) is 22.9 Å². The lowest BCUT2D eigenvalue weighted by molar-refractivity contribution is 0.262. The number of hydrogen-bond acceptors (Lipinski definition) is 5. The molecule has 0 saturated heterocycles. The molecule has 0 saturated carbocycles. The molecule has 0 bridgehead atoms. The van der Waals surface area contributed by atoms with Crippen molar-refractivity contribution in [2.75, 3.05) is 33.4 Å². The van der Waals surface area contributed by atoms with Gasteiger partial charge < -0.3 is 4.57 Å². The van der Waals surface area contributed by atoms with Crippen LogP contribution in [0.25, 0.3) is 0 Å². The summed E-state index contributed by atoms with van der Waals surface area (Å²) < 4.78 is 53.8. The van der Waals surface area contributed by atoms with E-state index in [1.165, 1.54) is 22.7 Å². The maximum absolute atomic E-state index is 12.3. The second kappa shape index (κ2) is 6.24. The number of hydrogen-bond donors (Lipinski definition) is 1. The van der Waals surface area contributed by atoms with E-state index in [-0.39, 0.29) is 25.7 Å². The highest BCUT2D eigenvalue weighted by atomic mass is 32.2. The second-order valence-electron chi connectivity index (χ2n) is 5.48. The number of sulfonamides is 1. The maximum atomic E-state index is 12.3. The SMILES string of the molecule is CN(C)S(=O)(=O)N1Cc2cncn2[C@H](CCNS(C)(=O)=O)C1. The van der Waals surface area contributed by atoms with E-state index >= 15 is 0 Å². The standard InChI is InChI=1S/C11H21N5O4S2/c1-14(2)22(19,20)15-7-10(4-5-13-21(3,17)18)16-9-12-6-11(16)8-15/h6,9-10,13H,4-5,7-8H2,1-3H3/t10-/m1/s1. The molecule has 1 aromatic heterocycles. The first-order valence-corrected chi connectivity index (χ1v) is 10.0. The van der Waals surface area contributed by atoms with Crippen LogP contribution in [-0.2, 0) is 26.8 Å². The van der Waals surface area contributed by atoms with Crippen molar-refractivity contribution in [2.24, 2.45) is 0 Å². The van der Waals surface area contributed by atoms with Crippen molar-refractivity contribution < 1.29 is 16.8 Å². The minimum atomic E-state index is -3.52. The molecule has 9 nitrogen and oxygen atoms in total. The number of nitrogens with one attached hydrogen (secondary N) is 1. The molecule has 1 atom stereocenters. The van der Waals surface area contributed by atoms with E-state index in [0.717, 1.165) is 11.9 Å². The predicted octanol–water partition coefficient (Wildman–Crippen LogP) is -1.01. The fourth-order valence-electron chi connectivity index (χ4n) is 2.40. The van der Waals surface area contributed by atoms with E-state index < -0.39 is 20.2 Å². The van der Waals surface area contributed by atoms with Crippen molar-refractivity contribution in [3.63, 3.8) is 0 Å². The number of imidazole rings is 1. The molecule has 0 aromatic carbocycles. The lowest BCUT2D eigenvalue weighted by Crippen LogP contribution is -2.46. The molecule has 1 N–H and O–H groups in total. The van der Waals surface area contributed by atoms with Gasteiger partial charge in [0.25, 0.3) is 10.2 Å². The zero-order valence-electron chi connectivity index (χ0n) is 12.8. The van der Waals surface area contributed by atoms with Gasteiger partial charge in [-0.25, -0.2) is 18.1 Å². The van der Waals surface area contributed by atoms with Crippen molar-refractivity contribution >= 4 is 20.2 Å². The van der Waals surface area contributed by atoms with Crippen LogP contribution in [0.4, 0.5) is 0 Å². The van der Waals surface area contributed by atoms with Gasteiger partial charge in [0.1, 0.15) is 0 Å². The fourth-order valence-corrected chi connectivity index (χ4v) is 4.01. The first-order valence-electron chi connectivity index (χ1n) is 6.74. The third-order valence-corrected chi connectivity index (χ3v) is 6.10. The Morgan fingerprint density at radius 1 is 1.36 bits per heavy atom. The Hall–Kier alpha value is -1.01. The smallest absolute Gasteiger partial charge is 0.281 e. The molecule has 0 amide bonds. The Kier molecular flexibility index (Phi) is 4.92. The molecule has 126 valence electrons. The van der Waals surface area contributed by atoms with Gasteiger partial charge in [-0.05, 0) is 6.42 Å². The number of nitrogens with zero attached hydrogens (tertiary/aromatic N) is 4. The Morgan fingerprint density at radius 3 is 2.64 bits per heavy atom. The molecule has 1 aliphatic rings. The second-order valence-corrected chi connectivity index (χ2v) is 9.46. The molecule has 11 heteroatoms. The molecular weight excluding hydrogens is 330 g/mol. The van der Waals surface area contributed by atoms with Crippen LogP contribution >= 0.6 is 0 Å². The van der Waals surface area contributed by atoms with Gasteiger partial charge in [-0.15, -0.1) is 0 Å². The summed E-state index contributed by atoms with van der Waals surface area (Å²) in [6, 6.07) is -0.157. The van der Waals surface area contributed by atoms with Crippen LogP contribution in [0.3, 0.4) is 0 Å². The summed E-state index contributed by atoms with van der Waals surface area (Å²) in [6.07, 6.45) is 4.86. The van der Waals surface area contributed by atoms with Crippen LogP contribution in [-0.4, -0.2) is 68.4 Å². The third-order valence-electron chi connectivity index (χ3n) is 3.52. The average Bonchev–Trinajstić information content (AvgIpc) is 2.85. The van der Waals surface area contributed by atoms with Crippen molar-refractivity contribution in [1.29, 1.82) is 0 Å². The topological polar surface area (TPSA) is 105 Å². The van der Waals surface area contributed by atoms with Gasteiger partial charge in [0.2, 0.25) is 10.0 Å². The monoisotopic (exact) mass is 351 g/mol. The minimum Gasteiger partial charge on any atom is -0.329 e. The minimum absolute atomic E-state index is 0.157. The van der Waals surface area contributed by atoms with E-state index in [4.69, 9.17) is 0 Å². The van der Waals surface area contributed by atoms with Crippen molar-refractivity contribution in [2.45, 2.75) is 19.0 Å². The van der Waals surface area contributed by atoms with E-state index in [1.807, 2.05) is 4.57 Å². The van der Waals surface area contributed by atoms with Gasteiger partial charge in [0.05, 0.1) is 24.8 Å². The normalized spacial score (nSPS) is 20.3. The number of aromatic nitrogens is 2. The maximum Gasteiger partial charge on any atom is 0.281 e. The van der Waals surface area contributed by atoms with Gasteiger partial charge in [-0.3, -0.25) is 0 Å². The summed E-state index contributed by atoms with van der Waals surface area (Å²) in [5.41, 5.74) is 0.793. The summed E-state index contributed by atoms with van der Waals surface area (Å²) in [4.78, 5) is 4.06. The molecule has 2 rings (SSSR count). The number of rotatable bonds is 6. The summed E-state index contributed by atoms with van der Waals surface area (Å²) in [5.74, 6) is 0. The first-order chi connectivity index (χ1) is 10.1. The predicted molar refractivity (Wildman–Crippen MR) is 81.7 cm³/mol. The highest BCUT2D eigenvalue weighted by Crippen LogP contribution is 2.25. The first kappa shape index (κ1) is 17.3. The summed E-state index contributed by atoms with van der Waals surface area (Å²) in [7, 11) is -3.80. The molecule has 22 heavy (non-hydrogen) atoms. The van der Waals surface area contributed by atoms with E-state index in [0.29, 0.717) is 6.42 Å². The summed E-state index contributed by atoms with van der Waals surface area (Å²) >= 11 is 0. The molecule has 0 spiro atoms. The molecule has 1 aromatic rings. The average molecular weight is 351 g/mol. The zero-order valence-corrected chi connectivity index (χ0v) is 14.4. The lowest BCUT2D eigenvalue weighted by Gasteiger charge is -2.35. The molecule has 1 aliphatic heterocycles. The molecule has 0 unspecified atom stereocenters. The Bertz CT molecular complexity index is 725. The van der Waals surface area contributed by atoms with E-state index in [2.05, 4.69) is 9.71 Å². The van der Waals surface area contributed by atoms with Gasteiger partial charge in [0, 0.05) is 39.4 Å². The van der Waals surface area contributed by atoms with Crippen LogP contribution in [0.5, 0.6) is 0 Å². The zero-order chi connectivity index (χ0) is 16.5. The van der Waals surface area contributed by atoms with Crippen molar-refractivity contribution in [3.8, 4) is 0 Å². The van der Waals surface area contributed by atoms with Crippen LogP contribution in [0.1, 0.15) is 18.2 Å². The quantitative estimate of drug-likeness (QED) is 0.707. The molecule has 0 fully saturated rings. The molecule has 0 radical (unpaired) electrons. The highest BCUT2D eigenvalue weighted by Gasteiger charge is 2.33. The molecule has 2 heterocycles. The van der Waals surface area contributed by atoms with Gasteiger partial charge in [0.15, 0.2) is 0 Å². The van der Waals surface area contributed by atoms with Crippen LogP contribution in [0.15, 0.2) is 12.5 Å². The largest absolute Gasteiger partial charge is 0.329 e. The van der Waals surface area contributed by atoms with Crippen molar-refractivity contribution in [3.05, 3.63) is 18.2 Å². The lowest BCUT2D eigenvalue weighted by atomic mass is 10.1. The Balaban J connectivity index is 2.16. The van der Waals surface area contributed by atoms with Gasteiger partial charge in [-0.2, -0.15) is 17.0 Å². The highest BCUT2D eigenvalue weighted by molar-refractivity contribution is 7.88. The fraction of sp³-hybridized carbons (Fsp3) is 0.727. The van der Waals surface area contributed by atoms with Crippen LogP contribution < -0.4 is 4.72 Å². The Labute approximate surface area is 131 Å². The molecular formula is C11H21N5O4S2. The van der Waals surface area contributed by atoms with Crippen LogP contribution in [0.2, 0.25) is 0 Å². The summed E-state index contributed by atoms with van der Waals surface area (Å²) in [5, 5.41) is 0. The Morgan fingerprint density at radius 2 is 2.05 bits per heavy atom. The summed E-state index contributed by atoms with van der Waals surface area (Å²) in [6.45, 7) is 0.794. The molecule has 0 aliphatic carbocycles. The third kappa shape index (κ3) is 3.84.